The second kappa shape index (κ2) is 8.78. The number of ether oxygens (including phenoxy) is 1. The third-order valence-electron chi connectivity index (χ3n) is 6.95. The van der Waals surface area contributed by atoms with Gasteiger partial charge in [-0.2, -0.15) is 13.2 Å². The van der Waals surface area contributed by atoms with Gasteiger partial charge in [0.05, 0.1) is 18.9 Å². The van der Waals surface area contributed by atoms with Gasteiger partial charge in [0.1, 0.15) is 11.5 Å². The number of rotatable bonds is 4. The molecule has 0 N–H and O–H groups in total. The largest absolute Gasteiger partial charge is 0.457 e. The van der Waals surface area contributed by atoms with Crippen molar-refractivity contribution in [3.8, 4) is 11.5 Å². The molecule has 0 spiro atoms. The van der Waals surface area contributed by atoms with Crippen molar-refractivity contribution in [2.45, 2.75) is 25.6 Å². The van der Waals surface area contributed by atoms with Crippen molar-refractivity contribution in [2.75, 3.05) is 37.2 Å². The zero-order chi connectivity index (χ0) is 25.7. The second-order valence-corrected chi connectivity index (χ2v) is 9.82. The lowest BCUT2D eigenvalue weighted by molar-refractivity contribution is -0.137. The summed E-state index contributed by atoms with van der Waals surface area (Å²) in [7, 11) is 3.95. The molecule has 0 saturated heterocycles. The van der Waals surface area contributed by atoms with Crippen molar-refractivity contribution in [1.82, 2.24) is 9.80 Å². The Morgan fingerprint density at radius 1 is 0.806 bits per heavy atom. The van der Waals surface area contributed by atoms with Crippen LogP contribution in [0.1, 0.15) is 25.0 Å². The van der Waals surface area contributed by atoms with E-state index in [9.17, 15) is 13.2 Å². The fourth-order valence-electron chi connectivity index (χ4n) is 4.64. The van der Waals surface area contributed by atoms with E-state index in [-0.39, 0.29) is 11.3 Å². The molecule has 0 amide bonds. The van der Waals surface area contributed by atoms with Crippen molar-refractivity contribution in [3.05, 3.63) is 90.3 Å². The number of nitrogens with zero attached hydrogens (tertiary/aromatic N) is 4. The average Bonchev–Trinajstić information content (AvgIpc) is 3.27. The molecule has 188 valence electrons. The van der Waals surface area contributed by atoms with Crippen LogP contribution in [0, 0.1) is 0 Å². The molecule has 3 aromatic rings. The molecule has 8 heteroatoms. The summed E-state index contributed by atoms with van der Waals surface area (Å²) in [6.45, 7) is 5.52. The summed E-state index contributed by atoms with van der Waals surface area (Å²) in [6, 6.07) is 19.6. The Labute approximate surface area is 209 Å². The minimum absolute atomic E-state index is 0.131. The Morgan fingerprint density at radius 3 is 2.28 bits per heavy atom. The summed E-state index contributed by atoms with van der Waals surface area (Å²) in [5.74, 6) is 0.606. The zero-order valence-corrected chi connectivity index (χ0v) is 20.8. The number of benzene rings is 3. The summed E-state index contributed by atoms with van der Waals surface area (Å²) in [4.78, 5) is 8.10. The molecule has 2 aliphatic rings. The molecule has 3 aromatic carbocycles. The number of anilines is 3. The van der Waals surface area contributed by atoms with Crippen LogP contribution in [-0.4, -0.2) is 37.2 Å². The quantitative estimate of drug-likeness (QED) is 0.390. The van der Waals surface area contributed by atoms with Crippen molar-refractivity contribution in [1.29, 1.82) is 0 Å². The van der Waals surface area contributed by atoms with Crippen LogP contribution in [0.3, 0.4) is 0 Å². The van der Waals surface area contributed by atoms with Gasteiger partial charge >= 0.3 is 6.18 Å². The molecule has 0 aliphatic carbocycles. The van der Waals surface area contributed by atoms with Gasteiger partial charge in [0.2, 0.25) is 0 Å². The maximum Gasteiger partial charge on any atom is 0.416 e. The van der Waals surface area contributed by atoms with Gasteiger partial charge < -0.3 is 19.4 Å². The first-order valence-corrected chi connectivity index (χ1v) is 11.8. The van der Waals surface area contributed by atoms with E-state index < -0.39 is 11.7 Å². The zero-order valence-electron chi connectivity index (χ0n) is 20.8. The van der Waals surface area contributed by atoms with E-state index in [4.69, 9.17) is 4.74 Å². The summed E-state index contributed by atoms with van der Waals surface area (Å²) in [5.41, 5.74) is 2.75. The molecular formula is C28H29F3N4O. The maximum absolute atomic E-state index is 13.7. The number of hydrogen-bond donors (Lipinski definition) is 0. The molecule has 0 unspecified atom stereocenters. The Balaban J connectivity index is 1.48. The molecule has 2 heterocycles. The van der Waals surface area contributed by atoms with Crippen LogP contribution in [0.4, 0.5) is 30.2 Å². The smallest absolute Gasteiger partial charge is 0.416 e. The number of alkyl halides is 3. The highest BCUT2D eigenvalue weighted by Gasteiger charge is 2.36. The molecule has 5 rings (SSSR count). The van der Waals surface area contributed by atoms with Gasteiger partial charge in [-0.25, -0.2) is 0 Å². The van der Waals surface area contributed by atoms with Crippen LogP contribution < -0.4 is 14.5 Å². The van der Waals surface area contributed by atoms with Gasteiger partial charge in [0.25, 0.3) is 0 Å². The molecule has 0 radical (unpaired) electrons. The maximum atomic E-state index is 13.7. The van der Waals surface area contributed by atoms with Gasteiger partial charge in [-0.1, -0.05) is 24.3 Å². The van der Waals surface area contributed by atoms with Crippen molar-refractivity contribution >= 4 is 17.1 Å². The molecular weight excluding hydrogens is 465 g/mol. The molecule has 36 heavy (non-hydrogen) atoms. The van der Waals surface area contributed by atoms with Gasteiger partial charge in [-0.15, -0.1) is 0 Å². The Kier molecular flexibility index (Phi) is 5.87. The Morgan fingerprint density at radius 2 is 1.56 bits per heavy atom. The molecule has 0 saturated carbocycles. The fourth-order valence-corrected chi connectivity index (χ4v) is 4.64. The molecule has 0 fully saturated rings. The van der Waals surface area contributed by atoms with E-state index in [0.717, 1.165) is 23.5 Å². The van der Waals surface area contributed by atoms with Crippen LogP contribution >= 0.6 is 0 Å². The third-order valence-corrected chi connectivity index (χ3v) is 6.95. The number of hydrogen-bond acceptors (Lipinski definition) is 5. The highest BCUT2D eigenvalue weighted by atomic mass is 19.4. The Hall–Kier alpha value is -3.65. The predicted octanol–water partition coefficient (Wildman–Crippen LogP) is 6.95. The fraction of sp³-hybridized carbons (Fsp3) is 0.286. The highest BCUT2D eigenvalue weighted by Crippen LogP contribution is 2.43. The number of para-hydroxylation sites is 1. The van der Waals surface area contributed by atoms with E-state index in [2.05, 4.69) is 42.8 Å². The van der Waals surface area contributed by atoms with Crippen LogP contribution in [0.2, 0.25) is 0 Å². The summed E-state index contributed by atoms with van der Waals surface area (Å²) in [5, 5.41) is 0. The van der Waals surface area contributed by atoms with Gasteiger partial charge in [0.15, 0.2) is 0 Å². The summed E-state index contributed by atoms with van der Waals surface area (Å²) >= 11 is 0. The number of halogens is 3. The van der Waals surface area contributed by atoms with Gasteiger partial charge in [0, 0.05) is 54.2 Å². The lowest BCUT2D eigenvalue weighted by Gasteiger charge is -2.47. The number of fused-ring (bicyclic) bond motifs is 1. The highest BCUT2D eigenvalue weighted by molar-refractivity contribution is 5.70. The molecule has 0 aromatic heterocycles. The molecule has 2 aliphatic heterocycles. The molecule has 0 atom stereocenters. The minimum atomic E-state index is -4.49. The van der Waals surface area contributed by atoms with E-state index in [0.29, 0.717) is 24.8 Å². The van der Waals surface area contributed by atoms with Crippen molar-refractivity contribution in [3.63, 3.8) is 0 Å². The third kappa shape index (κ3) is 4.48. The van der Waals surface area contributed by atoms with E-state index in [1.807, 2.05) is 48.5 Å². The minimum Gasteiger partial charge on any atom is -0.457 e. The first-order valence-electron chi connectivity index (χ1n) is 11.8. The summed E-state index contributed by atoms with van der Waals surface area (Å²) in [6.07, 6.45) is -0.912. The first-order chi connectivity index (χ1) is 17.0. The van der Waals surface area contributed by atoms with Crippen molar-refractivity contribution < 1.29 is 17.9 Å². The topological polar surface area (TPSA) is 22.2 Å². The van der Waals surface area contributed by atoms with Crippen LogP contribution in [0.25, 0.3) is 0 Å². The standard InChI is InChI=1S/C28H29F3N4O/c1-27(2)25-10-5-6-11-26(25)35(19-33(27)4)21-8-7-9-23(16-21)36-24-15-20(28(29,30)31)14-22(17-24)34-13-12-32(3)18-34/h5-17H,18-19H2,1-4H3. The van der Waals surface area contributed by atoms with Crippen molar-refractivity contribution in [2.24, 2.45) is 0 Å². The predicted molar refractivity (Wildman–Crippen MR) is 136 cm³/mol. The van der Waals surface area contributed by atoms with Gasteiger partial charge in [-0.05, 0) is 56.8 Å². The molecule has 5 nitrogen and oxygen atoms in total. The second-order valence-electron chi connectivity index (χ2n) is 9.82. The van der Waals surface area contributed by atoms with Gasteiger partial charge in [-0.3, -0.25) is 4.90 Å². The normalized spacial score (nSPS) is 17.5. The molecule has 0 bridgehead atoms. The monoisotopic (exact) mass is 494 g/mol. The lowest BCUT2D eigenvalue weighted by atomic mass is 9.88. The summed E-state index contributed by atoms with van der Waals surface area (Å²) < 4.78 is 47.1. The van der Waals surface area contributed by atoms with Crippen LogP contribution in [-0.2, 0) is 11.7 Å². The lowest BCUT2D eigenvalue weighted by Crippen LogP contribution is -2.49. The van der Waals surface area contributed by atoms with E-state index in [1.54, 1.807) is 23.2 Å². The van der Waals surface area contributed by atoms with E-state index >= 15 is 0 Å². The average molecular weight is 495 g/mol. The van der Waals surface area contributed by atoms with E-state index in [1.165, 1.54) is 5.56 Å². The van der Waals surface area contributed by atoms with Crippen LogP contribution in [0.15, 0.2) is 79.1 Å². The first kappa shape index (κ1) is 24.1. The SMILES string of the molecule is CN1C=CN(c2cc(Oc3cccc(N4CN(C)C(C)(C)c5ccccc54)c3)cc(C(F)(F)F)c2)C1. The Bertz CT molecular complexity index is 1300. The van der Waals surface area contributed by atoms with Crippen LogP contribution in [0.5, 0.6) is 11.5 Å².